The molecule has 1 amide bonds. The number of carbonyl (C=O) groups excluding carboxylic acids is 1. The minimum atomic E-state index is -0.343. The number of likely N-dealkylation sites (N-methyl/N-ethyl adjacent to an activating group) is 1. The zero-order valence-electron chi connectivity index (χ0n) is 18.7. The highest BCUT2D eigenvalue weighted by Crippen LogP contribution is 2.50. The number of hydrogen-bond donors (Lipinski definition) is 1. The van der Waals surface area contributed by atoms with E-state index >= 15 is 0 Å². The molecule has 0 fully saturated rings. The third-order valence-electron chi connectivity index (χ3n) is 5.83. The first-order chi connectivity index (χ1) is 14.2. The lowest BCUT2D eigenvalue weighted by Crippen LogP contribution is -2.32. The molecule has 0 atom stereocenters. The highest BCUT2D eigenvalue weighted by Gasteiger charge is 2.42. The van der Waals surface area contributed by atoms with Gasteiger partial charge >= 0.3 is 0 Å². The zero-order valence-corrected chi connectivity index (χ0v) is 18.7. The average Bonchev–Trinajstić information content (AvgIpc) is 3.02. The van der Waals surface area contributed by atoms with Crippen LogP contribution >= 0.6 is 0 Å². The molecule has 30 heavy (non-hydrogen) atoms. The van der Waals surface area contributed by atoms with Crippen LogP contribution in [0, 0.1) is 0 Å². The summed E-state index contributed by atoms with van der Waals surface area (Å²) in [5, 5.41) is 2.75. The van der Waals surface area contributed by atoms with E-state index in [0.29, 0.717) is 5.75 Å². The summed E-state index contributed by atoms with van der Waals surface area (Å²) in [4.78, 5) is 17.6. The van der Waals surface area contributed by atoms with Crippen LogP contribution < -0.4 is 14.8 Å². The van der Waals surface area contributed by atoms with Crippen molar-refractivity contribution in [2.75, 3.05) is 14.2 Å². The molecule has 0 aromatic heterocycles. The molecule has 2 aliphatic rings. The van der Waals surface area contributed by atoms with Gasteiger partial charge in [-0.15, -0.1) is 0 Å². The van der Waals surface area contributed by atoms with E-state index in [-0.39, 0.29) is 23.5 Å². The molecule has 2 aromatic rings. The Hall–Kier alpha value is -2.82. The lowest BCUT2D eigenvalue weighted by atomic mass is 9.78. The summed E-state index contributed by atoms with van der Waals surface area (Å²) in [6.07, 6.45) is 1.76. The van der Waals surface area contributed by atoms with Crippen molar-refractivity contribution in [1.82, 2.24) is 5.32 Å². The predicted molar refractivity (Wildman–Crippen MR) is 119 cm³/mol. The van der Waals surface area contributed by atoms with Crippen molar-refractivity contribution < 1.29 is 14.3 Å². The van der Waals surface area contributed by atoms with Gasteiger partial charge in [0, 0.05) is 35.7 Å². The van der Waals surface area contributed by atoms with Crippen molar-refractivity contribution in [3.8, 4) is 11.5 Å². The van der Waals surface area contributed by atoms with E-state index in [2.05, 4.69) is 45.1 Å². The van der Waals surface area contributed by atoms with E-state index in [0.717, 1.165) is 52.1 Å². The Bertz CT molecular complexity index is 1040. The van der Waals surface area contributed by atoms with Crippen LogP contribution in [0.3, 0.4) is 0 Å². The SMILES string of the molecule is CNC(=O)Cc1c2c(c3c(c1OC)OC(C)(C)C3)C(c1ccccc1)=NC(C)(C)C2. The summed E-state index contributed by atoms with van der Waals surface area (Å²) in [5.41, 5.74) is 5.71. The molecular formula is C25H30N2O3. The van der Waals surface area contributed by atoms with E-state index in [1.54, 1.807) is 14.2 Å². The van der Waals surface area contributed by atoms with E-state index in [9.17, 15) is 4.79 Å². The fourth-order valence-corrected chi connectivity index (χ4v) is 4.64. The molecule has 158 valence electrons. The van der Waals surface area contributed by atoms with Gasteiger partial charge in [0.2, 0.25) is 5.91 Å². The van der Waals surface area contributed by atoms with Crippen molar-refractivity contribution in [3.63, 3.8) is 0 Å². The molecule has 0 radical (unpaired) electrons. The second-order valence-corrected chi connectivity index (χ2v) is 9.38. The van der Waals surface area contributed by atoms with E-state index in [1.165, 1.54) is 0 Å². The highest BCUT2D eigenvalue weighted by atomic mass is 16.5. The fourth-order valence-electron chi connectivity index (χ4n) is 4.64. The summed E-state index contributed by atoms with van der Waals surface area (Å²) in [6, 6.07) is 10.3. The Morgan fingerprint density at radius 2 is 1.83 bits per heavy atom. The Morgan fingerprint density at radius 3 is 2.47 bits per heavy atom. The van der Waals surface area contributed by atoms with E-state index in [4.69, 9.17) is 14.5 Å². The van der Waals surface area contributed by atoms with Crippen LogP contribution in [0.15, 0.2) is 35.3 Å². The number of benzene rings is 2. The van der Waals surface area contributed by atoms with Gasteiger partial charge in [0.25, 0.3) is 0 Å². The normalized spacial score (nSPS) is 18.0. The molecule has 0 unspecified atom stereocenters. The number of ether oxygens (including phenoxy) is 2. The van der Waals surface area contributed by atoms with Crippen LogP contribution in [0.1, 0.15) is 55.5 Å². The standard InChI is InChI=1S/C25H30N2O3/c1-24(2)13-17-16(12-19(28)26-5)22(29-6)23-18(14-25(3,4)30-23)20(17)21(27-24)15-10-8-7-9-11-15/h7-11H,12-14H2,1-6H3,(H,26,28). The van der Waals surface area contributed by atoms with Gasteiger partial charge < -0.3 is 14.8 Å². The number of hydrogen-bond acceptors (Lipinski definition) is 4. The molecular weight excluding hydrogens is 376 g/mol. The quantitative estimate of drug-likeness (QED) is 0.839. The summed E-state index contributed by atoms with van der Waals surface area (Å²) >= 11 is 0. The molecule has 0 saturated carbocycles. The van der Waals surface area contributed by atoms with Crippen LogP contribution in [0.4, 0.5) is 0 Å². The number of nitrogens with zero attached hydrogens (tertiary/aromatic N) is 1. The molecule has 0 aliphatic carbocycles. The lowest BCUT2D eigenvalue weighted by Gasteiger charge is -2.33. The van der Waals surface area contributed by atoms with Crippen molar-refractivity contribution >= 4 is 11.6 Å². The summed E-state index contributed by atoms with van der Waals surface area (Å²) in [6.45, 7) is 8.46. The minimum absolute atomic E-state index is 0.0470. The Balaban J connectivity index is 2.06. The topological polar surface area (TPSA) is 59.9 Å². The fraction of sp³-hybridized carbons (Fsp3) is 0.440. The first-order valence-corrected chi connectivity index (χ1v) is 10.5. The number of amides is 1. The third kappa shape index (κ3) is 3.47. The van der Waals surface area contributed by atoms with Gasteiger partial charge in [-0.05, 0) is 39.7 Å². The zero-order chi connectivity index (χ0) is 21.7. The number of carbonyl (C=O) groups is 1. The first kappa shape index (κ1) is 20.5. The number of nitrogens with one attached hydrogen (secondary N) is 1. The molecule has 0 bridgehead atoms. The van der Waals surface area contributed by atoms with Crippen LogP contribution in [0.25, 0.3) is 0 Å². The van der Waals surface area contributed by atoms with Gasteiger partial charge in [-0.1, -0.05) is 30.3 Å². The van der Waals surface area contributed by atoms with Crippen molar-refractivity contribution in [2.45, 2.75) is 58.1 Å². The number of fused-ring (bicyclic) bond motifs is 3. The summed E-state index contributed by atoms with van der Waals surface area (Å²) in [7, 11) is 3.32. The molecule has 5 nitrogen and oxygen atoms in total. The third-order valence-corrected chi connectivity index (χ3v) is 5.83. The smallest absolute Gasteiger partial charge is 0.224 e. The Morgan fingerprint density at radius 1 is 1.13 bits per heavy atom. The van der Waals surface area contributed by atoms with Crippen molar-refractivity contribution in [2.24, 2.45) is 4.99 Å². The van der Waals surface area contributed by atoms with Crippen LogP contribution in [-0.4, -0.2) is 36.9 Å². The summed E-state index contributed by atoms with van der Waals surface area (Å²) in [5.74, 6) is 1.39. The Kier molecular flexibility index (Phi) is 4.88. The van der Waals surface area contributed by atoms with Gasteiger partial charge in [-0.2, -0.15) is 0 Å². The number of rotatable bonds is 4. The van der Waals surface area contributed by atoms with Crippen molar-refractivity contribution in [1.29, 1.82) is 0 Å². The van der Waals surface area contributed by atoms with Crippen LogP contribution in [0.2, 0.25) is 0 Å². The first-order valence-electron chi connectivity index (χ1n) is 10.5. The maximum absolute atomic E-state index is 12.4. The molecule has 5 heteroatoms. The number of aliphatic imine (C=N–C) groups is 1. The minimum Gasteiger partial charge on any atom is -0.493 e. The maximum Gasteiger partial charge on any atom is 0.224 e. The van der Waals surface area contributed by atoms with Gasteiger partial charge in [0.1, 0.15) is 5.60 Å². The second-order valence-electron chi connectivity index (χ2n) is 9.38. The van der Waals surface area contributed by atoms with Gasteiger partial charge in [-0.25, -0.2) is 0 Å². The van der Waals surface area contributed by atoms with E-state index < -0.39 is 0 Å². The van der Waals surface area contributed by atoms with Crippen LogP contribution in [0.5, 0.6) is 11.5 Å². The average molecular weight is 407 g/mol. The summed E-state index contributed by atoms with van der Waals surface area (Å²) < 4.78 is 12.2. The van der Waals surface area contributed by atoms with Gasteiger partial charge in [0.15, 0.2) is 11.5 Å². The maximum atomic E-state index is 12.4. The molecule has 2 aromatic carbocycles. The highest BCUT2D eigenvalue weighted by molar-refractivity contribution is 6.16. The van der Waals surface area contributed by atoms with Gasteiger partial charge in [-0.3, -0.25) is 9.79 Å². The van der Waals surface area contributed by atoms with Crippen molar-refractivity contribution in [3.05, 3.63) is 58.1 Å². The molecule has 0 spiro atoms. The number of methoxy groups -OCH3 is 1. The molecule has 2 heterocycles. The van der Waals surface area contributed by atoms with Crippen LogP contribution in [-0.2, 0) is 24.1 Å². The second kappa shape index (κ2) is 7.15. The molecule has 1 N–H and O–H groups in total. The van der Waals surface area contributed by atoms with E-state index in [1.807, 2.05) is 18.2 Å². The monoisotopic (exact) mass is 406 g/mol. The molecule has 4 rings (SSSR count). The van der Waals surface area contributed by atoms with Gasteiger partial charge in [0.05, 0.1) is 24.8 Å². The largest absolute Gasteiger partial charge is 0.493 e. The molecule has 2 aliphatic heterocycles. The lowest BCUT2D eigenvalue weighted by molar-refractivity contribution is -0.120. The predicted octanol–water partition coefficient (Wildman–Crippen LogP) is 3.87. The Labute approximate surface area is 178 Å². The molecule has 0 saturated heterocycles.